The number of hydrogen-bond donors (Lipinski definition) is 1. The molecule has 21 heavy (non-hydrogen) atoms. The van der Waals surface area contributed by atoms with E-state index in [2.05, 4.69) is 22.2 Å². The first-order valence-electron chi connectivity index (χ1n) is 6.94. The Kier molecular flexibility index (Phi) is 5.28. The van der Waals surface area contributed by atoms with E-state index in [4.69, 9.17) is 11.6 Å². The predicted octanol–water partition coefficient (Wildman–Crippen LogP) is 3.32. The maximum Gasteiger partial charge on any atom is 0.251 e. The fraction of sp³-hybridized carbons (Fsp3) is 0.312. The molecule has 0 aliphatic heterocycles. The summed E-state index contributed by atoms with van der Waals surface area (Å²) in [7, 11) is 0. The van der Waals surface area contributed by atoms with Gasteiger partial charge in [-0.05, 0) is 37.1 Å². The van der Waals surface area contributed by atoms with Crippen LogP contribution in [-0.2, 0) is 13.0 Å². The van der Waals surface area contributed by atoms with Crippen molar-refractivity contribution < 1.29 is 4.79 Å². The molecule has 0 fully saturated rings. The Morgan fingerprint density at radius 3 is 2.81 bits per heavy atom. The number of aromatic nitrogens is 2. The number of amides is 1. The minimum absolute atomic E-state index is 0.155. The molecule has 0 bridgehead atoms. The zero-order valence-electron chi connectivity index (χ0n) is 12.2. The first kappa shape index (κ1) is 15.4. The van der Waals surface area contributed by atoms with Crippen LogP contribution in [0.5, 0.6) is 0 Å². The minimum atomic E-state index is -0.155. The average Bonchev–Trinajstić information content (AvgIpc) is 2.46. The molecule has 0 saturated heterocycles. The minimum Gasteiger partial charge on any atom is -0.348 e. The summed E-state index contributed by atoms with van der Waals surface area (Å²) in [6.45, 7) is 4.43. The number of nitrogens with zero attached hydrogens (tertiary/aromatic N) is 2. The number of carbonyl (C=O) groups is 1. The lowest BCUT2D eigenvalue weighted by Crippen LogP contribution is -2.23. The van der Waals surface area contributed by atoms with Crippen LogP contribution in [0.3, 0.4) is 0 Å². The largest absolute Gasteiger partial charge is 0.348 e. The average molecular weight is 304 g/mol. The normalized spacial score (nSPS) is 10.4. The van der Waals surface area contributed by atoms with Gasteiger partial charge in [0.2, 0.25) is 0 Å². The molecule has 0 aliphatic carbocycles. The first-order chi connectivity index (χ1) is 10.1. The fourth-order valence-corrected chi connectivity index (χ4v) is 2.18. The molecule has 0 saturated carbocycles. The Morgan fingerprint density at radius 2 is 2.14 bits per heavy atom. The molecule has 0 spiro atoms. The van der Waals surface area contributed by atoms with Crippen molar-refractivity contribution in [1.29, 1.82) is 0 Å². The smallest absolute Gasteiger partial charge is 0.251 e. The number of aryl methyl sites for hydroxylation is 2. The molecule has 0 aromatic carbocycles. The van der Waals surface area contributed by atoms with Crippen LogP contribution in [0.15, 0.2) is 30.5 Å². The molecule has 2 aromatic heterocycles. The van der Waals surface area contributed by atoms with Crippen LogP contribution in [0.1, 0.15) is 40.7 Å². The Hall–Kier alpha value is -1.94. The van der Waals surface area contributed by atoms with E-state index in [1.165, 1.54) is 0 Å². The summed E-state index contributed by atoms with van der Waals surface area (Å²) < 4.78 is 0. The van der Waals surface area contributed by atoms with Crippen molar-refractivity contribution >= 4 is 17.5 Å². The lowest BCUT2D eigenvalue weighted by atomic mass is 10.1. The van der Waals surface area contributed by atoms with Crippen LogP contribution >= 0.6 is 11.6 Å². The van der Waals surface area contributed by atoms with E-state index >= 15 is 0 Å². The standard InChI is InChI=1S/C16H18ClN3O/c1-3-4-14-7-13(8-15(17)20-14)16(21)19-10-12-6-5-11(2)18-9-12/h5-9H,3-4,10H2,1-2H3,(H,19,21). The molecule has 0 atom stereocenters. The summed E-state index contributed by atoms with van der Waals surface area (Å²) in [5.41, 5.74) is 3.30. The molecule has 1 N–H and O–H groups in total. The van der Waals surface area contributed by atoms with Gasteiger partial charge in [0, 0.05) is 29.7 Å². The van der Waals surface area contributed by atoms with Crippen molar-refractivity contribution in [3.63, 3.8) is 0 Å². The Bertz CT molecular complexity index is 626. The maximum absolute atomic E-state index is 12.2. The highest BCUT2D eigenvalue weighted by Gasteiger charge is 2.09. The molecule has 0 aliphatic rings. The van der Waals surface area contributed by atoms with E-state index in [1.54, 1.807) is 18.3 Å². The highest BCUT2D eigenvalue weighted by atomic mass is 35.5. The van der Waals surface area contributed by atoms with E-state index in [9.17, 15) is 4.79 Å². The van der Waals surface area contributed by atoms with E-state index in [-0.39, 0.29) is 5.91 Å². The summed E-state index contributed by atoms with van der Waals surface area (Å²) in [4.78, 5) is 20.6. The van der Waals surface area contributed by atoms with Crippen molar-refractivity contribution in [2.75, 3.05) is 0 Å². The van der Waals surface area contributed by atoms with Gasteiger partial charge in [0.05, 0.1) is 0 Å². The van der Waals surface area contributed by atoms with Crippen molar-refractivity contribution in [3.8, 4) is 0 Å². The van der Waals surface area contributed by atoms with Gasteiger partial charge in [-0.2, -0.15) is 0 Å². The van der Waals surface area contributed by atoms with Gasteiger partial charge in [0.25, 0.3) is 5.91 Å². The number of nitrogens with one attached hydrogen (secondary N) is 1. The molecule has 2 heterocycles. The molecular weight excluding hydrogens is 286 g/mol. The number of carbonyl (C=O) groups excluding carboxylic acids is 1. The van der Waals surface area contributed by atoms with Crippen LogP contribution in [0.25, 0.3) is 0 Å². The Morgan fingerprint density at radius 1 is 1.33 bits per heavy atom. The van der Waals surface area contributed by atoms with Crippen molar-refractivity contribution in [3.05, 3.63) is 58.1 Å². The molecule has 0 radical (unpaired) electrons. The zero-order valence-corrected chi connectivity index (χ0v) is 12.9. The van der Waals surface area contributed by atoms with Crippen molar-refractivity contribution in [2.24, 2.45) is 0 Å². The second-order valence-electron chi connectivity index (χ2n) is 4.91. The summed E-state index contributed by atoms with van der Waals surface area (Å²) >= 11 is 5.96. The second-order valence-corrected chi connectivity index (χ2v) is 5.30. The number of pyridine rings is 2. The summed E-state index contributed by atoms with van der Waals surface area (Å²) in [5, 5.41) is 3.22. The Balaban J connectivity index is 2.04. The molecule has 0 unspecified atom stereocenters. The number of rotatable bonds is 5. The van der Waals surface area contributed by atoms with Gasteiger partial charge in [-0.25, -0.2) is 4.98 Å². The predicted molar refractivity (Wildman–Crippen MR) is 83.4 cm³/mol. The van der Waals surface area contributed by atoms with E-state index in [0.29, 0.717) is 17.3 Å². The molecular formula is C16H18ClN3O. The topological polar surface area (TPSA) is 54.9 Å². The van der Waals surface area contributed by atoms with Gasteiger partial charge in [0.1, 0.15) is 5.15 Å². The van der Waals surface area contributed by atoms with Gasteiger partial charge < -0.3 is 5.32 Å². The molecule has 2 rings (SSSR count). The van der Waals surface area contributed by atoms with Crippen LogP contribution in [0.4, 0.5) is 0 Å². The molecule has 2 aromatic rings. The van der Waals surface area contributed by atoms with Crippen LogP contribution in [-0.4, -0.2) is 15.9 Å². The van der Waals surface area contributed by atoms with Gasteiger partial charge >= 0.3 is 0 Å². The van der Waals surface area contributed by atoms with Crippen molar-refractivity contribution in [1.82, 2.24) is 15.3 Å². The molecule has 110 valence electrons. The zero-order chi connectivity index (χ0) is 15.2. The third kappa shape index (κ3) is 4.53. The highest BCUT2D eigenvalue weighted by Crippen LogP contribution is 2.12. The van der Waals surface area contributed by atoms with Crippen LogP contribution < -0.4 is 5.32 Å². The van der Waals surface area contributed by atoms with Gasteiger partial charge in [-0.1, -0.05) is 31.0 Å². The first-order valence-corrected chi connectivity index (χ1v) is 7.32. The van der Waals surface area contributed by atoms with E-state index in [1.807, 2.05) is 19.1 Å². The summed E-state index contributed by atoms with van der Waals surface area (Å²) in [6, 6.07) is 7.25. The number of hydrogen-bond acceptors (Lipinski definition) is 3. The lowest BCUT2D eigenvalue weighted by molar-refractivity contribution is 0.0950. The molecule has 4 nitrogen and oxygen atoms in total. The Labute approximate surface area is 129 Å². The third-order valence-corrected chi connectivity index (χ3v) is 3.23. The van der Waals surface area contributed by atoms with Gasteiger partial charge in [0.15, 0.2) is 0 Å². The van der Waals surface area contributed by atoms with Gasteiger partial charge in [-0.3, -0.25) is 9.78 Å². The van der Waals surface area contributed by atoms with Crippen LogP contribution in [0.2, 0.25) is 5.15 Å². The van der Waals surface area contributed by atoms with Gasteiger partial charge in [-0.15, -0.1) is 0 Å². The van der Waals surface area contributed by atoms with Crippen molar-refractivity contribution in [2.45, 2.75) is 33.2 Å². The van der Waals surface area contributed by atoms with Crippen LogP contribution in [0, 0.1) is 6.92 Å². The summed E-state index contributed by atoms with van der Waals surface area (Å²) in [6.07, 6.45) is 3.53. The molecule has 5 heteroatoms. The highest BCUT2D eigenvalue weighted by molar-refractivity contribution is 6.29. The second kappa shape index (κ2) is 7.18. The van der Waals surface area contributed by atoms with E-state index in [0.717, 1.165) is 29.8 Å². The summed E-state index contributed by atoms with van der Waals surface area (Å²) in [5.74, 6) is -0.155. The SMILES string of the molecule is CCCc1cc(C(=O)NCc2ccc(C)nc2)cc(Cl)n1. The maximum atomic E-state index is 12.2. The third-order valence-electron chi connectivity index (χ3n) is 3.04. The number of halogens is 1. The lowest BCUT2D eigenvalue weighted by Gasteiger charge is -2.07. The fourth-order valence-electron chi connectivity index (χ4n) is 1.95. The quantitative estimate of drug-likeness (QED) is 0.862. The monoisotopic (exact) mass is 303 g/mol. The molecule has 1 amide bonds. The van der Waals surface area contributed by atoms with E-state index < -0.39 is 0 Å².